The monoisotopic (exact) mass is 480 g/mol. The molecule has 0 radical (unpaired) electrons. The van der Waals surface area contributed by atoms with Crippen LogP contribution in [0.3, 0.4) is 0 Å². The van der Waals surface area contributed by atoms with Crippen LogP contribution in [-0.2, 0) is 5.41 Å². The van der Waals surface area contributed by atoms with Crippen LogP contribution in [-0.4, -0.2) is 67.9 Å². The van der Waals surface area contributed by atoms with Crippen molar-refractivity contribution in [2.45, 2.75) is 31.8 Å². The summed E-state index contributed by atoms with van der Waals surface area (Å²) in [6, 6.07) is 14.1. The Balaban J connectivity index is 1.55. The number of ether oxygens (including phenoxy) is 2. The molecule has 1 saturated heterocycles. The zero-order valence-corrected chi connectivity index (χ0v) is 20.5. The minimum absolute atomic E-state index is 0.114. The molecule has 0 unspecified atom stereocenters. The van der Waals surface area contributed by atoms with Gasteiger partial charge >= 0.3 is 0 Å². The number of hydrogen-bond acceptors (Lipinski definition) is 5. The summed E-state index contributed by atoms with van der Waals surface area (Å²) >= 11 is 12.0. The summed E-state index contributed by atoms with van der Waals surface area (Å²) in [6.07, 6.45) is 0.314. The number of alkyl halides is 1. The molecule has 1 fully saturated rings. The molecule has 2 N–H and O–H groups in total. The molecule has 2 aromatic rings. The molecule has 7 heteroatoms. The number of benzene rings is 2. The number of halogens is 2. The number of nitrogens with zero attached hydrogens (tertiary/aromatic N) is 1. The van der Waals surface area contributed by atoms with Gasteiger partial charge in [0.25, 0.3) is 0 Å². The van der Waals surface area contributed by atoms with Gasteiger partial charge in [0.15, 0.2) is 0 Å². The SMILES string of the molecule is CC(C)(c1ccc(OCCCN2CCNCC2)cc1)c1ccc(OC[C@@H](O)CCl)c(Cl)c1. The van der Waals surface area contributed by atoms with E-state index in [1.54, 1.807) is 0 Å². The van der Waals surface area contributed by atoms with Crippen LogP contribution >= 0.6 is 23.2 Å². The lowest BCUT2D eigenvalue weighted by atomic mass is 9.78. The van der Waals surface area contributed by atoms with E-state index < -0.39 is 6.10 Å². The summed E-state index contributed by atoms with van der Waals surface area (Å²) < 4.78 is 11.5. The molecule has 3 rings (SSSR count). The Labute approximate surface area is 201 Å². The third kappa shape index (κ3) is 7.00. The van der Waals surface area contributed by atoms with Gasteiger partial charge in [-0.15, -0.1) is 11.6 Å². The summed E-state index contributed by atoms with van der Waals surface area (Å²) in [7, 11) is 0. The minimum atomic E-state index is -0.716. The normalized spacial score (nSPS) is 16.0. The molecule has 1 aliphatic heterocycles. The molecule has 1 heterocycles. The standard InChI is InChI=1S/C25H34Cl2N2O3/c1-25(2,20-6-9-24(23(27)16-20)32-18-21(30)17-26)19-4-7-22(8-5-19)31-15-3-12-29-13-10-28-11-14-29/h4-9,16,21,28,30H,3,10-15,17-18H2,1-2H3/t21-/m0/s1. The van der Waals surface area contributed by atoms with Gasteiger partial charge in [-0.2, -0.15) is 0 Å². The van der Waals surface area contributed by atoms with Gasteiger partial charge in [0.05, 0.1) is 17.5 Å². The van der Waals surface area contributed by atoms with Crippen molar-refractivity contribution in [1.29, 1.82) is 0 Å². The summed E-state index contributed by atoms with van der Waals surface area (Å²) in [6.45, 7) is 10.7. The van der Waals surface area contributed by atoms with E-state index in [1.807, 2.05) is 30.3 Å². The number of aliphatic hydroxyl groups excluding tert-OH is 1. The van der Waals surface area contributed by atoms with Crippen LogP contribution in [0.5, 0.6) is 11.5 Å². The highest BCUT2D eigenvalue weighted by molar-refractivity contribution is 6.32. The zero-order valence-electron chi connectivity index (χ0n) is 18.9. The van der Waals surface area contributed by atoms with Gasteiger partial charge in [-0.1, -0.05) is 43.6 Å². The maximum Gasteiger partial charge on any atom is 0.138 e. The molecule has 1 atom stereocenters. The van der Waals surface area contributed by atoms with Crippen LogP contribution in [0.2, 0.25) is 5.02 Å². The first-order valence-electron chi connectivity index (χ1n) is 11.2. The highest BCUT2D eigenvalue weighted by atomic mass is 35.5. The molecular weight excluding hydrogens is 447 g/mol. The second-order valence-corrected chi connectivity index (χ2v) is 9.42. The second-order valence-electron chi connectivity index (χ2n) is 8.71. The highest BCUT2D eigenvalue weighted by Gasteiger charge is 2.24. The molecule has 0 saturated carbocycles. The predicted molar refractivity (Wildman–Crippen MR) is 132 cm³/mol. The van der Waals surface area contributed by atoms with Crippen molar-refractivity contribution in [2.75, 3.05) is 51.8 Å². The van der Waals surface area contributed by atoms with Gasteiger partial charge in [-0.25, -0.2) is 0 Å². The first-order valence-corrected chi connectivity index (χ1v) is 12.1. The Kier molecular flexibility index (Phi) is 9.50. The van der Waals surface area contributed by atoms with Gasteiger partial charge < -0.3 is 24.8 Å². The van der Waals surface area contributed by atoms with Crippen molar-refractivity contribution < 1.29 is 14.6 Å². The summed E-state index contributed by atoms with van der Waals surface area (Å²) in [5.74, 6) is 1.56. The topological polar surface area (TPSA) is 54.0 Å². The molecule has 5 nitrogen and oxygen atoms in total. The lowest BCUT2D eigenvalue weighted by molar-refractivity contribution is 0.125. The Bertz CT molecular complexity index is 840. The number of rotatable bonds is 11. The first kappa shape index (κ1) is 25.1. The maximum atomic E-state index is 9.58. The number of piperazine rings is 1. The number of aliphatic hydroxyl groups is 1. The lowest BCUT2D eigenvalue weighted by Gasteiger charge is -2.27. The summed E-state index contributed by atoms with van der Waals surface area (Å²) in [5.41, 5.74) is 2.02. The van der Waals surface area contributed by atoms with Crippen LogP contribution in [0.4, 0.5) is 0 Å². The molecule has 0 aliphatic carbocycles. The van der Waals surface area contributed by atoms with Crippen molar-refractivity contribution in [1.82, 2.24) is 10.2 Å². The van der Waals surface area contributed by atoms with Crippen LogP contribution in [0.25, 0.3) is 0 Å². The molecule has 176 valence electrons. The van der Waals surface area contributed by atoms with E-state index in [-0.39, 0.29) is 17.9 Å². The Morgan fingerprint density at radius 3 is 2.41 bits per heavy atom. The van der Waals surface area contributed by atoms with E-state index in [2.05, 4.69) is 36.2 Å². The van der Waals surface area contributed by atoms with Gasteiger partial charge in [0.2, 0.25) is 0 Å². The lowest BCUT2D eigenvalue weighted by Crippen LogP contribution is -2.43. The first-order chi connectivity index (χ1) is 15.4. The van der Waals surface area contributed by atoms with Crippen LogP contribution in [0.1, 0.15) is 31.4 Å². The molecule has 32 heavy (non-hydrogen) atoms. The Morgan fingerprint density at radius 1 is 1.06 bits per heavy atom. The van der Waals surface area contributed by atoms with Crippen LogP contribution < -0.4 is 14.8 Å². The van der Waals surface area contributed by atoms with E-state index in [4.69, 9.17) is 32.7 Å². The second kappa shape index (κ2) is 12.1. The number of nitrogens with one attached hydrogen (secondary N) is 1. The van der Waals surface area contributed by atoms with E-state index in [9.17, 15) is 5.11 Å². The van der Waals surface area contributed by atoms with Crippen LogP contribution in [0.15, 0.2) is 42.5 Å². The average Bonchev–Trinajstić information content (AvgIpc) is 2.81. The van der Waals surface area contributed by atoms with Crippen LogP contribution in [0, 0.1) is 0 Å². The van der Waals surface area contributed by atoms with Crippen molar-refractivity contribution in [3.05, 3.63) is 58.6 Å². The fraction of sp³-hybridized carbons (Fsp3) is 0.520. The van der Waals surface area contributed by atoms with Crippen molar-refractivity contribution in [2.24, 2.45) is 0 Å². The predicted octanol–water partition coefficient (Wildman–Crippen LogP) is 4.32. The number of hydrogen-bond donors (Lipinski definition) is 2. The molecule has 2 aromatic carbocycles. The minimum Gasteiger partial charge on any atom is -0.494 e. The Hall–Kier alpha value is -1.50. The third-order valence-electron chi connectivity index (χ3n) is 5.94. The maximum absolute atomic E-state index is 9.58. The van der Waals surface area contributed by atoms with Crippen molar-refractivity contribution in [3.63, 3.8) is 0 Å². The van der Waals surface area contributed by atoms with Gasteiger partial charge in [0, 0.05) is 38.1 Å². The van der Waals surface area contributed by atoms with Gasteiger partial charge in [-0.3, -0.25) is 0 Å². The van der Waals surface area contributed by atoms with E-state index >= 15 is 0 Å². The summed E-state index contributed by atoms with van der Waals surface area (Å²) in [4.78, 5) is 2.48. The molecule has 0 spiro atoms. The molecule has 0 bridgehead atoms. The molecular formula is C25H34Cl2N2O3. The van der Waals surface area contributed by atoms with E-state index in [0.717, 1.165) is 57.1 Å². The van der Waals surface area contributed by atoms with Crippen molar-refractivity contribution >= 4 is 23.2 Å². The summed E-state index contributed by atoms with van der Waals surface area (Å²) in [5, 5.41) is 13.5. The van der Waals surface area contributed by atoms with E-state index in [0.29, 0.717) is 10.8 Å². The smallest absolute Gasteiger partial charge is 0.138 e. The molecule has 0 aromatic heterocycles. The van der Waals surface area contributed by atoms with E-state index in [1.165, 1.54) is 5.56 Å². The fourth-order valence-electron chi connectivity index (χ4n) is 3.78. The van der Waals surface area contributed by atoms with Gasteiger partial charge in [-0.05, 0) is 41.8 Å². The third-order valence-corrected chi connectivity index (χ3v) is 6.59. The molecule has 0 amide bonds. The molecule has 1 aliphatic rings. The van der Waals surface area contributed by atoms with Gasteiger partial charge in [0.1, 0.15) is 24.2 Å². The fourth-order valence-corrected chi connectivity index (χ4v) is 4.11. The quantitative estimate of drug-likeness (QED) is 0.370. The van der Waals surface area contributed by atoms with Crippen molar-refractivity contribution in [3.8, 4) is 11.5 Å². The highest BCUT2D eigenvalue weighted by Crippen LogP contribution is 2.36. The average molecular weight is 481 g/mol. The Morgan fingerprint density at radius 2 is 1.75 bits per heavy atom. The zero-order chi connectivity index (χ0) is 23.0. The largest absolute Gasteiger partial charge is 0.494 e.